The normalized spacial score (nSPS) is 23.6. The minimum Gasteiger partial charge on any atom is -0.340 e. The fourth-order valence-electron chi connectivity index (χ4n) is 3.10. The second kappa shape index (κ2) is 5.85. The van der Waals surface area contributed by atoms with E-state index in [9.17, 15) is 4.79 Å². The molecule has 0 radical (unpaired) electrons. The summed E-state index contributed by atoms with van der Waals surface area (Å²) in [7, 11) is 0. The van der Waals surface area contributed by atoms with Crippen LogP contribution in [0.1, 0.15) is 39.5 Å². The molecule has 1 saturated carbocycles. The molecular formula is C14H26N2O. The number of hydrogen-bond acceptors (Lipinski definition) is 2. The van der Waals surface area contributed by atoms with Crippen molar-refractivity contribution in [2.45, 2.75) is 39.5 Å². The lowest BCUT2D eigenvalue weighted by molar-refractivity contribution is -0.137. The van der Waals surface area contributed by atoms with Gasteiger partial charge >= 0.3 is 0 Å². The standard InChI is InChI=1S/C14H26N2O/c1-12(2)11-15-7-9-16(10-8-15)14(17)13-5-3-4-6-13/h12-13H,3-11H2,1-2H3. The monoisotopic (exact) mass is 238 g/mol. The van der Waals surface area contributed by atoms with E-state index in [2.05, 4.69) is 23.6 Å². The van der Waals surface area contributed by atoms with Gasteiger partial charge in [-0.3, -0.25) is 9.69 Å². The highest BCUT2D eigenvalue weighted by Gasteiger charge is 2.29. The highest BCUT2D eigenvalue weighted by atomic mass is 16.2. The maximum atomic E-state index is 12.2. The second-order valence-corrected chi connectivity index (χ2v) is 6.00. The summed E-state index contributed by atoms with van der Waals surface area (Å²) in [5, 5.41) is 0. The molecule has 0 aromatic heterocycles. The first kappa shape index (κ1) is 12.9. The fraction of sp³-hybridized carbons (Fsp3) is 0.929. The van der Waals surface area contributed by atoms with Crippen molar-refractivity contribution in [3.05, 3.63) is 0 Å². The lowest BCUT2D eigenvalue weighted by atomic mass is 10.1. The van der Waals surface area contributed by atoms with Crippen molar-refractivity contribution in [2.75, 3.05) is 32.7 Å². The van der Waals surface area contributed by atoms with E-state index in [0.29, 0.717) is 11.8 Å². The molecule has 1 heterocycles. The lowest BCUT2D eigenvalue weighted by Gasteiger charge is -2.36. The zero-order valence-corrected chi connectivity index (χ0v) is 11.3. The minimum atomic E-state index is 0.353. The Labute approximate surface area is 105 Å². The van der Waals surface area contributed by atoms with Gasteiger partial charge in [0.15, 0.2) is 0 Å². The van der Waals surface area contributed by atoms with Gasteiger partial charge in [0.2, 0.25) is 5.91 Å². The summed E-state index contributed by atoms with van der Waals surface area (Å²) in [6.07, 6.45) is 4.77. The van der Waals surface area contributed by atoms with Gasteiger partial charge in [-0.2, -0.15) is 0 Å². The number of carbonyl (C=O) groups excluding carboxylic acids is 1. The Hall–Kier alpha value is -0.570. The zero-order valence-electron chi connectivity index (χ0n) is 11.3. The molecule has 0 bridgehead atoms. The SMILES string of the molecule is CC(C)CN1CCN(C(=O)C2CCCC2)CC1. The zero-order chi connectivity index (χ0) is 12.3. The van der Waals surface area contributed by atoms with Gasteiger partial charge in [0, 0.05) is 38.6 Å². The first-order chi connectivity index (χ1) is 8.16. The molecule has 98 valence electrons. The molecule has 1 aliphatic heterocycles. The number of nitrogens with zero attached hydrogens (tertiary/aromatic N) is 2. The van der Waals surface area contributed by atoms with Gasteiger partial charge in [0.05, 0.1) is 0 Å². The fourth-order valence-corrected chi connectivity index (χ4v) is 3.10. The largest absolute Gasteiger partial charge is 0.340 e. The Morgan fingerprint density at radius 3 is 2.24 bits per heavy atom. The molecule has 0 aromatic rings. The Bertz CT molecular complexity index is 251. The summed E-state index contributed by atoms with van der Waals surface area (Å²) in [6.45, 7) is 9.72. The van der Waals surface area contributed by atoms with E-state index < -0.39 is 0 Å². The lowest BCUT2D eigenvalue weighted by Crippen LogP contribution is -2.50. The molecule has 1 amide bonds. The number of rotatable bonds is 3. The van der Waals surface area contributed by atoms with Crippen LogP contribution in [-0.2, 0) is 4.79 Å². The van der Waals surface area contributed by atoms with Crippen LogP contribution in [-0.4, -0.2) is 48.4 Å². The van der Waals surface area contributed by atoms with E-state index in [1.807, 2.05) is 0 Å². The van der Waals surface area contributed by atoms with Gasteiger partial charge in [0.1, 0.15) is 0 Å². The molecule has 0 N–H and O–H groups in total. The molecule has 17 heavy (non-hydrogen) atoms. The van der Waals surface area contributed by atoms with Crippen molar-refractivity contribution in [1.82, 2.24) is 9.80 Å². The van der Waals surface area contributed by atoms with Crippen LogP contribution in [0.3, 0.4) is 0 Å². The van der Waals surface area contributed by atoms with Gasteiger partial charge in [-0.15, -0.1) is 0 Å². The maximum absolute atomic E-state index is 12.2. The van der Waals surface area contributed by atoms with Crippen LogP contribution in [0.5, 0.6) is 0 Å². The summed E-state index contributed by atoms with van der Waals surface area (Å²) in [6, 6.07) is 0. The number of piperazine rings is 1. The van der Waals surface area contributed by atoms with Crippen LogP contribution in [0.2, 0.25) is 0 Å². The number of amides is 1. The number of hydrogen-bond donors (Lipinski definition) is 0. The van der Waals surface area contributed by atoms with Crippen LogP contribution < -0.4 is 0 Å². The molecule has 0 aromatic carbocycles. The topological polar surface area (TPSA) is 23.6 Å². The molecule has 2 aliphatic rings. The third-order valence-corrected chi connectivity index (χ3v) is 4.01. The van der Waals surface area contributed by atoms with E-state index in [1.54, 1.807) is 0 Å². The Balaban J connectivity index is 1.76. The smallest absolute Gasteiger partial charge is 0.225 e. The van der Waals surface area contributed by atoms with Crippen molar-refractivity contribution >= 4 is 5.91 Å². The predicted molar refractivity (Wildman–Crippen MR) is 69.8 cm³/mol. The molecule has 1 saturated heterocycles. The van der Waals surface area contributed by atoms with Crippen LogP contribution in [0, 0.1) is 11.8 Å². The number of carbonyl (C=O) groups is 1. The molecule has 0 spiro atoms. The van der Waals surface area contributed by atoms with E-state index in [0.717, 1.165) is 44.9 Å². The molecule has 1 aliphatic carbocycles. The summed E-state index contributed by atoms with van der Waals surface area (Å²) in [5.41, 5.74) is 0. The van der Waals surface area contributed by atoms with Gasteiger partial charge < -0.3 is 4.90 Å². The van der Waals surface area contributed by atoms with Gasteiger partial charge in [-0.1, -0.05) is 26.7 Å². The Morgan fingerprint density at radius 1 is 1.12 bits per heavy atom. The van der Waals surface area contributed by atoms with Crippen molar-refractivity contribution in [2.24, 2.45) is 11.8 Å². The van der Waals surface area contributed by atoms with E-state index in [-0.39, 0.29) is 0 Å². The average molecular weight is 238 g/mol. The highest BCUT2D eigenvalue weighted by molar-refractivity contribution is 5.79. The summed E-state index contributed by atoms with van der Waals surface area (Å²) in [4.78, 5) is 16.8. The Kier molecular flexibility index (Phi) is 4.43. The molecule has 2 fully saturated rings. The van der Waals surface area contributed by atoms with Gasteiger partial charge in [-0.05, 0) is 18.8 Å². The second-order valence-electron chi connectivity index (χ2n) is 6.00. The maximum Gasteiger partial charge on any atom is 0.225 e. The first-order valence-electron chi connectivity index (χ1n) is 7.18. The van der Waals surface area contributed by atoms with Crippen molar-refractivity contribution in [3.8, 4) is 0 Å². The molecule has 0 atom stereocenters. The van der Waals surface area contributed by atoms with E-state index in [1.165, 1.54) is 19.4 Å². The predicted octanol–water partition coefficient (Wildman–Crippen LogP) is 1.98. The minimum absolute atomic E-state index is 0.353. The summed E-state index contributed by atoms with van der Waals surface area (Å²) in [5.74, 6) is 1.52. The van der Waals surface area contributed by atoms with Crippen LogP contribution in [0.25, 0.3) is 0 Å². The Morgan fingerprint density at radius 2 is 1.71 bits per heavy atom. The summed E-state index contributed by atoms with van der Waals surface area (Å²) < 4.78 is 0. The van der Waals surface area contributed by atoms with Crippen LogP contribution in [0.15, 0.2) is 0 Å². The molecular weight excluding hydrogens is 212 g/mol. The molecule has 2 rings (SSSR count). The van der Waals surface area contributed by atoms with Crippen molar-refractivity contribution < 1.29 is 4.79 Å². The third kappa shape index (κ3) is 3.44. The van der Waals surface area contributed by atoms with E-state index >= 15 is 0 Å². The third-order valence-electron chi connectivity index (χ3n) is 4.01. The molecule has 3 nitrogen and oxygen atoms in total. The van der Waals surface area contributed by atoms with E-state index in [4.69, 9.17) is 0 Å². The summed E-state index contributed by atoms with van der Waals surface area (Å²) >= 11 is 0. The van der Waals surface area contributed by atoms with Crippen LogP contribution in [0.4, 0.5) is 0 Å². The van der Waals surface area contributed by atoms with Crippen molar-refractivity contribution in [1.29, 1.82) is 0 Å². The van der Waals surface area contributed by atoms with Gasteiger partial charge in [0.25, 0.3) is 0 Å². The molecule has 3 heteroatoms. The van der Waals surface area contributed by atoms with Crippen LogP contribution >= 0.6 is 0 Å². The molecule has 0 unspecified atom stereocenters. The highest BCUT2D eigenvalue weighted by Crippen LogP contribution is 2.26. The van der Waals surface area contributed by atoms with Crippen molar-refractivity contribution in [3.63, 3.8) is 0 Å². The average Bonchev–Trinajstić information content (AvgIpc) is 2.82. The first-order valence-corrected chi connectivity index (χ1v) is 7.18. The van der Waals surface area contributed by atoms with Gasteiger partial charge in [-0.25, -0.2) is 0 Å². The quantitative estimate of drug-likeness (QED) is 0.750.